The van der Waals surface area contributed by atoms with E-state index < -0.39 is 32.1 Å². The predicted octanol–water partition coefficient (Wildman–Crippen LogP) is 5.25. The van der Waals surface area contributed by atoms with Crippen LogP contribution in [0.15, 0.2) is 87.2 Å². The van der Waals surface area contributed by atoms with E-state index in [1.165, 1.54) is 50.8 Å². The standard InChI is InChI=1S/C30H23F2N3O7S/c1-40-21-5-3-4-19(13-21)35(29-8-9-42-33-29)43(38,39)28-12-17-6-7-30(37)34(25(17)16-24(28)32)26-15-23(31)22(14-27(26)41-2)18-10-20(36)11-18/h3-9,12-16,18H,10-11H2,1-2H3. The highest BCUT2D eigenvalue weighted by Gasteiger charge is 2.33. The third-order valence-electron chi connectivity index (χ3n) is 7.31. The number of halogens is 2. The van der Waals surface area contributed by atoms with Crippen LogP contribution in [-0.2, 0) is 14.8 Å². The first-order valence-electron chi connectivity index (χ1n) is 13.0. The van der Waals surface area contributed by atoms with Gasteiger partial charge in [-0.25, -0.2) is 21.5 Å². The number of aromatic nitrogens is 2. The van der Waals surface area contributed by atoms with E-state index in [2.05, 4.69) is 5.16 Å². The van der Waals surface area contributed by atoms with E-state index in [4.69, 9.17) is 14.0 Å². The molecular formula is C30H23F2N3O7S. The zero-order chi connectivity index (χ0) is 30.5. The Morgan fingerprint density at radius 2 is 1.74 bits per heavy atom. The number of ether oxygens (including phenoxy) is 2. The van der Waals surface area contributed by atoms with Crippen molar-refractivity contribution in [3.63, 3.8) is 0 Å². The zero-order valence-electron chi connectivity index (χ0n) is 22.8. The molecule has 5 aromatic rings. The first kappa shape index (κ1) is 28.1. The topological polar surface area (TPSA) is 121 Å². The lowest BCUT2D eigenvalue weighted by molar-refractivity contribution is -0.124. The number of benzene rings is 3. The first-order valence-corrected chi connectivity index (χ1v) is 14.4. The minimum absolute atomic E-state index is 0.0133. The van der Waals surface area contributed by atoms with Gasteiger partial charge in [0.1, 0.15) is 40.1 Å². The van der Waals surface area contributed by atoms with Crippen LogP contribution in [0.25, 0.3) is 16.6 Å². The fourth-order valence-electron chi connectivity index (χ4n) is 5.15. The van der Waals surface area contributed by atoms with Crippen molar-refractivity contribution in [1.82, 2.24) is 9.72 Å². The van der Waals surface area contributed by atoms with Gasteiger partial charge in [0, 0.05) is 54.5 Å². The number of pyridine rings is 1. The SMILES string of the molecule is COc1cccc(N(c2ccon2)S(=O)(=O)c2cc3ccc(=O)n(-c4cc(F)c(C5CC(=O)C5)cc4OC)c3cc2F)c1. The van der Waals surface area contributed by atoms with E-state index in [0.717, 1.165) is 33.1 Å². The summed E-state index contributed by atoms with van der Waals surface area (Å²) in [6.45, 7) is 0. The molecule has 0 unspecified atom stereocenters. The molecule has 2 aromatic heterocycles. The van der Waals surface area contributed by atoms with Crippen LogP contribution < -0.4 is 19.3 Å². The van der Waals surface area contributed by atoms with Gasteiger partial charge in [-0.15, -0.1) is 0 Å². The largest absolute Gasteiger partial charge is 0.497 e. The van der Waals surface area contributed by atoms with Gasteiger partial charge in [0.05, 0.1) is 31.1 Å². The second-order valence-electron chi connectivity index (χ2n) is 9.87. The summed E-state index contributed by atoms with van der Waals surface area (Å²) in [5.74, 6) is -1.77. The average Bonchev–Trinajstić information content (AvgIpc) is 3.49. The summed E-state index contributed by atoms with van der Waals surface area (Å²) in [5, 5.41) is 3.92. The zero-order valence-corrected chi connectivity index (χ0v) is 23.6. The van der Waals surface area contributed by atoms with Crippen LogP contribution in [0, 0.1) is 11.6 Å². The Hall–Kier alpha value is -5.04. The number of methoxy groups -OCH3 is 2. The fraction of sp³-hybridized carbons (Fsp3) is 0.167. The molecule has 1 saturated carbocycles. The van der Waals surface area contributed by atoms with Crippen molar-refractivity contribution in [2.24, 2.45) is 0 Å². The minimum atomic E-state index is -4.67. The van der Waals surface area contributed by atoms with E-state index in [1.54, 1.807) is 12.1 Å². The van der Waals surface area contributed by atoms with E-state index in [-0.39, 0.29) is 64.0 Å². The molecule has 1 aliphatic rings. The van der Waals surface area contributed by atoms with Crippen molar-refractivity contribution in [1.29, 1.82) is 0 Å². The van der Waals surface area contributed by atoms with Crippen molar-refractivity contribution in [3.8, 4) is 17.2 Å². The van der Waals surface area contributed by atoms with E-state index in [9.17, 15) is 18.0 Å². The van der Waals surface area contributed by atoms with Crippen LogP contribution in [0.5, 0.6) is 11.5 Å². The first-order chi connectivity index (χ1) is 20.6. The smallest absolute Gasteiger partial charge is 0.272 e. The number of sulfonamides is 1. The summed E-state index contributed by atoms with van der Waals surface area (Å²) >= 11 is 0. The third-order valence-corrected chi connectivity index (χ3v) is 9.06. The molecule has 10 nitrogen and oxygen atoms in total. The minimum Gasteiger partial charge on any atom is -0.497 e. The molecule has 0 atom stereocenters. The maximum absolute atomic E-state index is 15.9. The number of nitrogens with zero attached hydrogens (tertiary/aromatic N) is 3. The molecule has 0 aliphatic heterocycles. The van der Waals surface area contributed by atoms with E-state index in [0.29, 0.717) is 5.75 Å². The Labute approximate surface area is 243 Å². The Kier molecular flexibility index (Phi) is 6.97. The van der Waals surface area contributed by atoms with Gasteiger partial charge >= 0.3 is 0 Å². The number of anilines is 2. The van der Waals surface area contributed by atoms with E-state index >= 15 is 8.78 Å². The molecule has 3 aromatic carbocycles. The van der Waals surface area contributed by atoms with Gasteiger partial charge in [-0.3, -0.25) is 14.2 Å². The number of hydrogen-bond acceptors (Lipinski definition) is 8. The average molecular weight is 608 g/mol. The molecular weight excluding hydrogens is 584 g/mol. The van der Waals surface area contributed by atoms with Crippen molar-refractivity contribution in [3.05, 3.63) is 101 Å². The lowest BCUT2D eigenvalue weighted by atomic mass is 9.78. The number of carbonyl (C=O) groups excluding carboxylic acids is 1. The molecule has 6 rings (SSSR count). The highest BCUT2D eigenvalue weighted by molar-refractivity contribution is 7.93. The third kappa shape index (κ3) is 4.80. The predicted molar refractivity (Wildman–Crippen MR) is 152 cm³/mol. The Balaban J connectivity index is 1.52. The molecule has 2 heterocycles. The Morgan fingerprint density at radius 3 is 2.42 bits per heavy atom. The van der Waals surface area contributed by atoms with Gasteiger partial charge in [0.25, 0.3) is 15.6 Å². The molecule has 0 N–H and O–H groups in total. The van der Waals surface area contributed by atoms with Gasteiger partial charge in [0.15, 0.2) is 5.82 Å². The van der Waals surface area contributed by atoms with Gasteiger partial charge in [-0.1, -0.05) is 11.2 Å². The molecule has 1 fully saturated rings. The summed E-state index contributed by atoms with van der Waals surface area (Å²) in [5.41, 5.74) is -0.291. The number of rotatable bonds is 8. The molecule has 0 radical (unpaired) electrons. The second kappa shape index (κ2) is 10.7. The highest BCUT2D eigenvalue weighted by Crippen LogP contribution is 2.40. The number of ketones is 1. The van der Waals surface area contributed by atoms with Crippen LogP contribution in [0.1, 0.15) is 24.3 Å². The molecule has 0 amide bonds. The van der Waals surface area contributed by atoms with Crippen molar-refractivity contribution >= 4 is 38.2 Å². The number of Topliss-reactive ketones (excluding diaryl/α,β-unsaturated/α-hetero) is 1. The monoisotopic (exact) mass is 607 g/mol. The molecule has 0 bridgehead atoms. The van der Waals surface area contributed by atoms with Crippen molar-refractivity contribution in [2.75, 3.05) is 18.5 Å². The molecule has 13 heteroatoms. The van der Waals surface area contributed by atoms with Crippen LogP contribution in [-0.4, -0.2) is 38.1 Å². The van der Waals surface area contributed by atoms with E-state index in [1.807, 2.05) is 0 Å². The molecule has 0 saturated heterocycles. The summed E-state index contributed by atoms with van der Waals surface area (Å²) < 4.78 is 76.6. The molecule has 1 aliphatic carbocycles. The number of carbonyl (C=O) groups is 1. The maximum atomic E-state index is 15.9. The van der Waals surface area contributed by atoms with Crippen LogP contribution in [0.2, 0.25) is 0 Å². The highest BCUT2D eigenvalue weighted by atomic mass is 32.2. The molecule has 0 spiro atoms. The van der Waals surface area contributed by atoms with Gasteiger partial charge in [0.2, 0.25) is 0 Å². The normalized spacial score (nSPS) is 13.6. The summed E-state index contributed by atoms with van der Waals surface area (Å²) in [7, 11) is -1.91. The lowest BCUT2D eigenvalue weighted by Gasteiger charge is -2.26. The Bertz CT molecular complexity index is 2050. The molecule has 220 valence electrons. The van der Waals surface area contributed by atoms with Crippen molar-refractivity contribution < 1.29 is 36.0 Å². The van der Waals surface area contributed by atoms with Crippen LogP contribution in [0.4, 0.5) is 20.3 Å². The van der Waals surface area contributed by atoms with Crippen molar-refractivity contribution in [2.45, 2.75) is 23.7 Å². The summed E-state index contributed by atoms with van der Waals surface area (Å²) in [4.78, 5) is 23.9. The Morgan fingerprint density at radius 1 is 0.953 bits per heavy atom. The lowest BCUT2D eigenvalue weighted by Crippen LogP contribution is -2.27. The van der Waals surface area contributed by atoms with Crippen LogP contribution >= 0.6 is 0 Å². The van der Waals surface area contributed by atoms with Gasteiger partial charge in [-0.2, -0.15) is 0 Å². The summed E-state index contributed by atoms with van der Waals surface area (Å²) in [6, 6.07) is 14.4. The fourth-order valence-corrected chi connectivity index (χ4v) is 6.66. The number of fused-ring (bicyclic) bond motifs is 1. The van der Waals surface area contributed by atoms with Gasteiger partial charge in [-0.05, 0) is 35.9 Å². The van der Waals surface area contributed by atoms with Gasteiger partial charge < -0.3 is 14.0 Å². The number of hydrogen-bond donors (Lipinski definition) is 0. The quantitative estimate of drug-likeness (QED) is 0.235. The maximum Gasteiger partial charge on any atom is 0.272 e. The summed E-state index contributed by atoms with van der Waals surface area (Å²) in [6.07, 6.45) is 1.59. The molecule has 43 heavy (non-hydrogen) atoms. The second-order valence-corrected chi connectivity index (χ2v) is 11.6. The van der Waals surface area contributed by atoms with Crippen LogP contribution in [0.3, 0.4) is 0 Å².